The molecule has 2 saturated heterocycles. The van der Waals surface area contributed by atoms with E-state index in [1.54, 1.807) is 6.07 Å². The molecule has 1 aromatic carbocycles. The van der Waals surface area contributed by atoms with Crippen LogP contribution in [0.3, 0.4) is 0 Å². The number of carbonyl (C=O) groups is 3. The molecule has 0 radical (unpaired) electrons. The number of alkyl halides is 3. The fourth-order valence-corrected chi connectivity index (χ4v) is 4.31. The van der Waals surface area contributed by atoms with Crippen LogP contribution in [-0.4, -0.2) is 104 Å². The summed E-state index contributed by atoms with van der Waals surface area (Å²) in [5.41, 5.74) is 0.719. The minimum absolute atomic E-state index is 0.0675. The van der Waals surface area contributed by atoms with Gasteiger partial charge in [0.05, 0.1) is 23.5 Å². The van der Waals surface area contributed by atoms with E-state index in [2.05, 4.69) is 14.5 Å². The molecule has 202 valence electrons. The third-order valence-electron chi connectivity index (χ3n) is 5.68. The van der Waals surface area contributed by atoms with Crippen molar-refractivity contribution in [3.8, 4) is 0 Å². The number of likely N-dealkylation sites (tertiary alicyclic amines) is 1. The van der Waals surface area contributed by atoms with Crippen LogP contribution >= 0.6 is 0 Å². The van der Waals surface area contributed by atoms with E-state index < -0.39 is 28.1 Å². The summed E-state index contributed by atoms with van der Waals surface area (Å²) in [6.45, 7) is 6.39. The van der Waals surface area contributed by atoms with Crippen LogP contribution in [0.1, 0.15) is 30.1 Å². The number of nitrogens with zero attached hydrogens (tertiary/aromatic N) is 3. The van der Waals surface area contributed by atoms with Crippen molar-refractivity contribution < 1.29 is 46.2 Å². The lowest BCUT2D eigenvalue weighted by Gasteiger charge is -2.36. The van der Waals surface area contributed by atoms with E-state index >= 15 is 0 Å². The number of carboxylic acid groups (broad SMARTS) is 2. The van der Waals surface area contributed by atoms with Crippen LogP contribution in [0.25, 0.3) is 0 Å². The summed E-state index contributed by atoms with van der Waals surface area (Å²) in [6.07, 6.45) is -2.92. The van der Waals surface area contributed by atoms with Crippen molar-refractivity contribution in [2.24, 2.45) is 0 Å². The van der Waals surface area contributed by atoms with Crippen molar-refractivity contribution in [3.63, 3.8) is 0 Å². The van der Waals surface area contributed by atoms with Crippen molar-refractivity contribution >= 4 is 39.2 Å². The molecule has 0 saturated carbocycles. The Hall–Kier alpha value is -3.07. The monoisotopic (exact) mass is 538 g/mol. The molecule has 3 rings (SSSR count). The number of aromatic carboxylic acids is 1. The quantitative estimate of drug-likeness (QED) is 0.470. The van der Waals surface area contributed by atoms with Gasteiger partial charge in [-0.25, -0.2) is 18.0 Å². The van der Waals surface area contributed by atoms with E-state index in [4.69, 9.17) is 9.90 Å². The second kappa shape index (κ2) is 12.3. The number of amides is 1. The molecule has 1 aromatic rings. The summed E-state index contributed by atoms with van der Waals surface area (Å²) in [5, 5.41) is 16.6. The molecule has 15 heteroatoms. The number of rotatable bonds is 7. The van der Waals surface area contributed by atoms with Crippen molar-refractivity contribution in [3.05, 3.63) is 23.8 Å². The van der Waals surface area contributed by atoms with Gasteiger partial charge in [0, 0.05) is 45.0 Å². The molecular weight excluding hydrogens is 509 g/mol. The molecule has 0 aliphatic carbocycles. The van der Waals surface area contributed by atoms with Crippen LogP contribution in [0.5, 0.6) is 0 Å². The summed E-state index contributed by atoms with van der Waals surface area (Å²) in [4.78, 5) is 38.9. The lowest BCUT2D eigenvalue weighted by Crippen LogP contribution is -2.49. The van der Waals surface area contributed by atoms with E-state index in [0.29, 0.717) is 32.7 Å². The summed E-state index contributed by atoms with van der Waals surface area (Å²) >= 11 is 0. The fourth-order valence-electron chi connectivity index (χ4n) is 3.66. The summed E-state index contributed by atoms with van der Waals surface area (Å²) in [7, 11) is -3.56. The second-order valence-electron chi connectivity index (χ2n) is 8.19. The van der Waals surface area contributed by atoms with Gasteiger partial charge in [-0.15, -0.1) is 0 Å². The Morgan fingerprint density at radius 2 is 1.56 bits per heavy atom. The molecule has 2 aliphatic heterocycles. The Morgan fingerprint density at radius 1 is 1.00 bits per heavy atom. The van der Waals surface area contributed by atoms with E-state index in [9.17, 15) is 36.3 Å². The molecule has 1 amide bonds. The van der Waals surface area contributed by atoms with Gasteiger partial charge in [-0.3, -0.25) is 14.4 Å². The first-order chi connectivity index (χ1) is 16.7. The molecule has 0 unspecified atom stereocenters. The average Bonchev–Trinajstić information content (AvgIpc) is 3.35. The number of hydrogen-bond acceptors (Lipinski definition) is 7. The number of carbonyl (C=O) groups excluding carboxylic acids is 1. The third-order valence-corrected chi connectivity index (χ3v) is 6.97. The van der Waals surface area contributed by atoms with E-state index in [0.717, 1.165) is 31.6 Å². The van der Waals surface area contributed by atoms with Crippen LogP contribution in [0.2, 0.25) is 0 Å². The van der Waals surface area contributed by atoms with Gasteiger partial charge < -0.3 is 20.0 Å². The predicted molar refractivity (Wildman–Crippen MR) is 125 cm³/mol. The average molecular weight is 539 g/mol. The van der Waals surface area contributed by atoms with Crippen LogP contribution in [0.15, 0.2) is 18.2 Å². The normalized spacial score (nSPS) is 16.8. The van der Waals surface area contributed by atoms with Crippen LogP contribution in [-0.2, 0) is 19.6 Å². The number of benzene rings is 1. The largest absolute Gasteiger partial charge is 0.490 e. The van der Waals surface area contributed by atoms with E-state index in [1.165, 1.54) is 19.1 Å². The van der Waals surface area contributed by atoms with Gasteiger partial charge >= 0.3 is 18.1 Å². The minimum Gasteiger partial charge on any atom is -0.478 e. The molecule has 0 aromatic heterocycles. The molecule has 2 fully saturated rings. The van der Waals surface area contributed by atoms with Crippen molar-refractivity contribution in [2.75, 3.05) is 61.2 Å². The van der Waals surface area contributed by atoms with Crippen LogP contribution in [0, 0.1) is 0 Å². The Labute approximate surface area is 206 Å². The zero-order valence-electron chi connectivity index (χ0n) is 19.6. The number of carboxylic acids is 2. The van der Waals surface area contributed by atoms with Gasteiger partial charge in [0.1, 0.15) is 0 Å². The molecule has 0 spiro atoms. The first kappa shape index (κ1) is 29.2. The zero-order chi connectivity index (χ0) is 27.1. The maximum atomic E-state index is 12.3. The molecule has 36 heavy (non-hydrogen) atoms. The van der Waals surface area contributed by atoms with Crippen molar-refractivity contribution in [2.45, 2.75) is 25.9 Å². The lowest BCUT2D eigenvalue weighted by molar-refractivity contribution is -0.192. The Kier molecular flexibility index (Phi) is 9.93. The topological polar surface area (TPSA) is 148 Å². The predicted octanol–water partition coefficient (Wildman–Crippen LogP) is 1.52. The van der Waals surface area contributed by atoms with Crippen LogP contribution in [0.4, 0.5) is 24.5 Å². The molecule has 0 atom stereocenters. The van der Waals surface area contributed by atoms with Gasteiger partial charge in [0.25, 0.3) is 0 Å². The second-order valence-corrected chi connectivity index (χ2v) is 10.2. The highest BCUT2D eigenvalue weighted by atomic mass is 32.2. The number of nitrogens with one attached hydrogen (secondary N) is 1. The number of anilines is 2. The van der Waals surface area contributed by atoms with E-state index in [-0.39, 0.29) is 22.9 Å². The summed E-state index contributed by atoms with van der Waals surface area (Å²) < 4.78 is 57.7. The number of aliphatic carboxylic acids is 1. The SMILES string of the molecule is CCS(=O)(=O)Nc1ccc(N2CCN(CC(=O)N3CCCC3)CC2)cc1C(=O)O.O=C(O)C(F)(F)F. The standard InChI is InChI=1S/C19H28N4O5S.C2HF3O2/c1-2-29(27,28)20-17-6-5-15(13-16(17)19(25)26)22-11-9-21(10-12-22)14-18(24)23-7-3-4-8-23;3-2(4,5)1(6)7/h5-6,13,20H,2-4,7-12,14H2,1H3,(H,25,26);(H,6,7). The summed E-state index contributed by atoms with van der Waals surface area (Å²) in [6, 6.07) is 4.72. The highest BCUT2D eigenvalue weighted by Gasteiger charge is 2.38. The van der Waals surface area contributed by atoms with Crippen molar-refractivity contribution in [1.82, 2.24) is 9.80 Å². The van der Waals surface area contributed by atoms with Crippen LogP contribution < -0.4 is 9.62 Å². The molecule has 0 bridgehead atoms. The first-order valence-corrected chi connectivity index (χ1v) is 12.8. The zero-order valence-corrected chi connectivity index (χ0v) is 20.4. The maximum absolute atomic E-state index is 12.3. The molecular formula is C21H29F3N4O7S. The number of halogens is 3. The van der Waals surface area contributed by atoms with Crippen molar-refractivity contribution in [1.29, 1.82) is 0 Å². The smallest absolute Gasteiger partial charge is 0.478 e. The third kappa shape index (κ3) is 8.55. The number of hydrogen-bond donors (Lipinski definition) is 3. The molecule has 11 nitrogen and oxygen atoms in total. The van der Waals surface area contributed by atoms with Gasteiger partial charge in [0.2, 0.25) is 15.9 Å². The van der Waals surface area contributed by atoms with Gasteiger partial charge in [-0.1, -0.05) is 0 Å². The fraction of sp³-hybridized carbons (Fsp3) is 0.571. The Balaban J connectivity index is 0.000000572. The van der Waals surface area contributed by atoms with Gasteiger partial charge in [-0.05, 0) is 38.0 Å². The first-order valence-electron chi connectivity index (χ1n) is 11.2. The minimum atomic E-state index is -5.08. The number of sulfonamides is 1. The molecule has 2 heterocycles. The molecule has 2 aliphatic rings. The highest BCUT2D eigenvalue weighted by Crippen LogP contribution is 2.25. The highest BCUT2D eigenvalue weighted by molar-refractivity contribution is 7.92. The Bertz CT molecular complexity index is 1050. The maximum Gasteiger partial charge on any atom is 0.490 e. The summed E-state index contributed by atoms with van der Waals surface area (Å²) in [5.74, 6) is -3.90. The Morgan fingerprint density at radius 3 is 2.03 bits per heavy atom. The van der Waals surface area contributed by atoms with Gasteiger partial charge in [0.15, 0.2) is 0 Å². The van der Waals surface area contributed by atoms with E-state index in [1.807, 2.05) is 4.90 Å². The number of piperazine rings is 1. The molecule has 3 N–H and O–H groups in total. The van der Waals surface area contributed by atoms with Gasteiger partial charge in [-0.2, -0.15) is 13.2 Å². The lowest BCUT2D eigenvalue weighted by atomic mass is 10.1.